The molecule has 0 aliphatic heterocycles. The first kappa shape index (κ1) is 16.3. The molecule has 1 aliphatic rings. The summed E-state index contributed by atoms with van der Waals surface area (Å²) in [5, 5.41) is 0. The molecular formula is C12H20O6S. The molecular weight excluding hydrogens is 272 g/mol. The highest BCUT2D eigenvalue weighted by Crippen LogP contribution is 2.26. The van der Waals surface area contributed by atoms with Crippen LogP contribution in [0.25, 0.3) is 0 Å². The Labute approximate surface area is 115 Å². The van der Waals surface area contributed by atoms with Crippen LogP contribution in [0.1, 0.15) is 46.0 Å². The first-order valence-electron chi connectivity index (χ1n) is 6.32. The van der Waals surface area contributed by atoms with Crippen molar-refractivity contribution in [2.24, 2.45) is 5.41 Å². The maximum absolute atomic E-state index is 12.1. The van der Waals surface area contributed by atoms with Gasteiger partial charge in [-0.3, -0.25) is 18.3 Å². The topological polar surface area (TPSA) is 89.9 Å². The number of esters is 1. The van der Waals surface area contributed by atoms with E-state index < -0.39 is 35.1 Å². The number of hydrogen-bond donors (Lipinski definition) is 1. The second-order valence-corrected chi connectivity index (χ2v) is 5.70. The summed E-state index contributed by atoms with van der Waals surface area (Å²) in [7, 11) is 0. The summed E-state index contributed by atoms with van der Waals surface area (Å²) in [5.41, 5.74) is -1.53. The van der Waals surface area contributed by atoms with Gasteiger partial charge in [-0.05, 0) is 39.5 Å². The Morgan fingerprint density at radius 2 is 1.89 bits per heavy atom. The zero-order valence-corrected chi connectivity index (χ0v) is 12.0. The first-order chi connectivity index (χ1) is 8.86. The van der Waals surface area contributed by atoms with Gasteiger partial charge in [0.1, 0.15) is 17.3 Å². The Kier molecular flexibility index (Phi) is 6.09. The van der Waals surface area contributed by atoms with E-state index in [4.69, 9.17) is 9.29 Å². The van der Waals surface area contributed by atoms with E-state index in [1.807, 2.05) is 0 Å². The molecule has 0 aromatic carbocycles. The monoisotopic (exact) mass is 292 g/mol. The highest BCUT2D eigenvalue weighted by molar-refractivity contribution is 7.74. The van der Waals surface area contributed by atoms with Gasteiger partial charge in [0, 0.05) is 0 Å². The summed E-state index contributed by atoms with van der Waals surface area (Å²) in [6.45, 7) is 2.15. The van der Waals surface area contributed by atoms with E-state index in [1.54, 1.807) is 0 Å². The van der Waals surface area contributed by atoms with Crippen LogP contribution in [0, 0.1) is 5.41 Å². The third kappa shape index (κ3) is 4.67. The molecule has 0 amide bonds. The largest absolute Gasteiger partial charge is 0.462 e. The predicted molar refractivity (Wildman–Crippen MR) is 68.5 cm³/mol. The van der Waals surface area contributed by atoms with E-state index in [0.717, 1.165) is 32.1 Å². The zero-order valence-electron chi connectivity index (χ0n) is 11.2. The fourth-order valence-corrected chi connectivity index (χ4v) is 2.27. The molecule has 110 valence electrons. The molecule has 0 heterocycles. The second-order valence-electron chi connectivity index (χ2n) is 5.03. The number of ketones is 1. The summed E-state index contributed by atoms with van der Waals surface area (Å²) in [5.74, 6) is -1.13. The normalized spacial score (nSPS) is 21.4. The van der Waals surface area contributed by atoms with E-state index in [2.05, 4.69) is 4.18 Å². The van der Waals surface area contributed by atoms with Crippen LogP contribution >= 0.6 is 0 Å². The van der Waals surface area contributed by atoms with Crippen molar-refractivity contribution in [3.05, 3.63) is 0 Å². The van der Waals surface area contributed by atoms with Crippen LogP contribution in [0.5, 0.6) is 0 Å². The van der Waals surface area contributed by atoms with Gasteiger partial charge in [-0.1, -0.05) is 6.42 Å². The minimum absolute atomic E-state index is 0.167. The van der Waals surface area contributed by atoms with Crippen molar-refractivity contribution in [3.63, 3.8) is 0 Å². The Hall–Kier alpha value is -0.790. The van der Waals surface area contributed by atoms with Gasteiger partial charge in [0.15, 0.2) is 0 Å². The van der Waals surface area contributed by atoms with Crippen LogP contribution in [-0.4, -0.2) is 33.2 Å². The van der Waals surface area contributed by atoms with Gasteiger partial charge in [-0.2, -0.15) is 4.21 Å². The molecule has 0 aromatic rings. The van der Waals surface area contributed by atoms with E-state index >= 15 is 0 Å². The van der Waals surface area contributed by atoms with Crippen molar-refractivity contribution in [1.82, 2.24) is 0 Å². The lowest BCUT2D eigenvalue weighted by atomic mass is 9.87. The minimum atomic E-state index is -2.51. The highest BCUT2D eigenvalue weighted by Gasteiger charge is 2.42. The Bertz CT molecular complexity index is 363. The molecule has 2 atom stereocenters. The molecule has 0 bridgehead atoms. The van der Waals surface area contributed by atoms with E-state index in [-0.39, 0.29) is 6.10 Å². The molecule has 0 spiro atoms. The standard InChI is InChI=1S/C12H20O6S/c1-9(13)12(2,8-17-19(15)16)11(14)18-10-6-4-3-5-7-10/h10H,3-8H2,1-2H3,(H,15,16). The fourth-order valence-electron chi connectivity index (χ4n) is 1.94. The Morgan fingerprint density at radius 3 is 2.37 bits per heavy atom. The third-order valence-electron chi connectivity index (χ3n) is 3.50. The number of carbonyl (C=O) groups is 2. The molecule has 0 aromatic heterocycles. The van der Waals surface area contributed by atoms with Crippen molar-refractivity contribution >= 4 is 23.1 Å². The predicted octanol–water partition coefficient (Wildman–Crippen LogP) is 1.61. The van der Waals surface area contributed by atoms with E-state index in [0.29, 0.717) is 0 Å². The smallest absolute Gasteiger partial charge is 0.322 e. The highest BCUT2D eigenvalue weighted by atomic mass is 32.2. The number of hydrogen-bond acceptors (Lipinski definition) is 5. The quantitative estimate of drug-likeness (QED) is 0.454. The lowest BCUT2D eigenvalue weighted by Gasteiger charge is -2.28. The van der Waals surface area contributed by atoms with Gasteiger partial charge in [0.05, 0.1) is 6.61 Å². The third-order valence-corrected chi connectivity index (χ3v) is 3.82. The van der Waals surface area contributed by atoms with Crippen molar-refractivity contribution in [2.75, 3.05) is 6.61 Å². The molecule has 0 saturated heterocycles. The van der Waals surface area contributed by atoms with Crippen LogP contribution in [0.2, 0.25) is 0 Å². The Morgan fingerprint density at radius 1 is 1.32 bits per heavy atom. The van der Waals surface area contributed by atoms with Gasteiger partial charge in [0.2, 0.25) is 0 Å². The summed E-state index contributed by atoms with van der Waals surface area (Å²) in [6, 6.07) is 0. The average Bonchev–Trinajstić information content (AvgIpc) is 2.36. The summed E-state index contributed by atoms with van der Waals surface area (Å²) in [6.07, 6.45) is 4.57. The van der Waals surface area contributed by atoms with Gasteiger partial charge in [-0.25, -0.2) is 0 Å². The summed E-state index contributed by atoms with van der Waals surface area (Å²) >= 11 is -2.51. The second kappa shape index (κ2) is 7.12. The van der Waals surface area contributed by atoms with Crippen molar-refractivity contribution < 1.29 is 27.3 Å². The maximum Gasteiger partial charge on any atom is 0.322 e. The van der Waals surface area contributed by atoms with E-state index in [1.165, 1.54) is 13.8 Å². The van der Waals surface area contributed by atoms with Crippen molar-refractivity contribution in [3.8, 4) is 0 Å². The fraction of sp³-hybridized carbons (Fsp3) is 0.833. The number of rotatable bonds is 6. The molecule has 6 nitrogen and oxygen atoms in total. The molecule has 1 aliphatic carbocycles. The molecule has 1 N–H and O–H groups in total. The zero-order chi connectivity index (χ0) is 14.5. The van der Waals surface area contributed by atoms with Gasteiger partial charge < -0.3 is 4.74 Å². The number of Topliss-reactive ketones (excluding diaryl/α,β-unsaturated/α-hetero) is 1. The summed E-state index contributed by atoms with van der Waals surface area (Å²) in [4.78, 5) is 23.7. The summed E-state index contributed by atoms with van der Waals surface area (Å²) < 4.78 is 28.9. The van der Waals surface area contributed by atoms with Crippen molar-refractivity contribution in [2.45, 2.75) is 52.1 Å². The van der Waals surface area contributed by atoms with Crippen LogP contribution < -0.4 is 0 Å². The molecule has 0 radical (unpaired) electrons. The average molecular weight is 292 g/mol. The number of ether oxygens (including phenoxy) is 1. The molecule has 7 heteroatoms. The van der Waals surface area contributed by atoms with E-state index in [9.17, 15) is 13.8 Å². The van der Waals surface area contributed by atoms with Crippen molar-refractivity contribution in [1.29, 1.82) is 0 Å². The van der Waals surface area contributed by atoms with Gasteiger partial charge >= 0.3 is 17.3 Å². The lowest BCUT2D eigenvalue weighted by molar-refractivity contribution is -0.166. The van der Waals surface area contributed by atoms with Gasteiger partial charge in [0.25, 0.3) is 0 Å². The molecule has 1 saturated carbocycles. The molecule has 2 unspecified atom stereocenters. The first-order valence-corrected chi connectivity index (χ1v) is 7.35. The molecule has 1 fully saturated rings. The van der Waals surface area contributed by atoms with Gasteiger partial charge in [-0.15, -0.1) is 0 Å². The SMILES string of the molecule is CC(=O)C(C)(COS(=O)O)C(=O)OC1CCCCC1. The molecule has 1 rings (SSSR count). The molecule has 19 heavy (non-hydrogen) atoms. The van der Waals surface area contributed by atoms with Crippen LogP contribution in [0.3, 0.4) is 0 Å². The Balaban J connectivity index is 2.65. The lowest BCUT2D eigenvalue weighted by Crippen LogP contribution is -2.42. The number of carbonyl (C=O) groups excluding carboxylic acids is 2. The van der Waals surface area contributed by atoms with Crippen LogP contribution in [0.15, 0.2) is 0 Å². The van der Waals surface area contributed by atoms with Crippen LogP contribution in [0.4, 0.5) is 0 Å². The minimum Gasteiger partial charge on any atom is -0.462 e. The van der Waals surface area contributed by atoms with Crippen LogP contribution in [-0.2, 0) is 29.9 Å². The maximum atomic E-state index is 12.1.